The van der Waals surface area contributed by atoms with Crippen LogP contribution < -0.4 is 0 Å². The Hall–Kier alpha value is -2.12. The van der Waals surface area contributed by atoms with Crippen molar-refractivity contribution >= 4 is 23.9 Å². The van der Waals surface area contributed by atoms with Crippen LogP contribution >= 0.6 is 0 Å². The van der Waals surface area contributed by atoms with Gasteiger partial charge in [-0.3, -0.25) is 19.2 Å². The summed E-state index contributed by atoms with van der Waals surface area (Å²) in [5.41, 5.74) is 0. The SMILES string of the molecule is CCCCOC(=O)CCCCCCCCC(=O)OCCCC.CCCCOC(=O)CCCCCCCCC(=O)OCCCC. The van der Waals surface area contributed by atoms with Crippen molar-refractivity contribution in [2.24, 2.45) is 0 Å². The van der Waals surface area contributed by atoms with Crippen LogP contribution in [0.5, 0.6) is 0 Å². The van der Waals surface area contributed by atoms with Crippen molar-refractivity contribution in [2.45, 2.75) is 182 Å². The summed E-state index contributed by atoms with van der Waals surface area (Å²) in [7, 11) is 0. The zero-order chi connectivity index (χ0) is 32.9. The fourth-order valence-electron chi connectivity index (χ4n) is 4.10. The first kappa shape index (κ1) is 44.0. The molecule has 0 aliphatic carbocycles. The predicted octanol–water partition coefficient (Wildman–Crippen LogP) is 9.59. The van der Waals surface area contributed by atoms with Crippen LogP contribution in [-0.2, 0) is 38.1 Å². The molecule has 44 heavy (non-hydrogen) atoms. The van der Waals surface area contributed by atoms with Crippen molar-refractivity contribution in [3.8, 4) is 0 Å². The van der Waals surface area contributed by atoms with Crippen LogP contribution in [0.4, 0.5) is 0 Å². The number of rotatable bonds is 30. The molecule has 0 atom stereocenters. The molecule has 0 fully saturated rings. The van der Waals surface area contributed by atoms with Crippen molar-refractivity contribution in [1.29, 1.82) is 0 Å². The van der Waals surface area contributed by atoms with E-state index in [0.717, 1.165) is 128 Å². The summed E-state index contributed by atoms with van der Waals surface area (Å²) in [4.78, 5) is 45.4. The molecule has 0 unspecified atom stereocenters. The Bertz CT molecular complexity index is 553. The van der Waals surface area contributed by atoms with Gasteiger partial charge < -0.3 is 18.9 Å². The Morgan fingerprint density at radius 1 is 0.295 bits per heavy atom. The number of carbonyl (C=O) groups excluding carboxylic acids is 4. The second-order valence-electron chi connectivity index (χ2n) is 11.5. The third-order valence-electron chi connectivity index (χ3n) is 7.07. The maximum absolute atomic E-state index is 11.4. The Kier molecular flexibility index (Phi) is 37.1. The molecule has 0 aliphatic heterocycles. The highest BCUT2D eigenvalue weighted by Crippen LogP contribution is 2.11. The van der Waals surface area contributed by atoms with E-state index in [2.05, 4.69) is 27.7 Å². The van der Waals surface area contributed by atoms with Gasteiger partial charge in [-0.2, -0.15) is 0 Å². The molecule has 0 spiro atoms. The number of esters is 4. The minimum atomic E-state index is -0.0664. The summed E-state index contributed by atoms with van der Waals surface area (Å²) in [6.07, 6.45) is 22.5. The van der Waals surface area contributed by atoms with Gasteiger partial charge in [-0.1, -0.05) is 105 Å². The average Bonchev–Trinajstić information content (AvgIpc) is 3.00. The maximum atomic E-state index is 11.4. The van der Waals surface area contributed by atoms with Gasteiger partial charge in [-0.15, -0.1) is 0 Å². The molecule has 8 nitrogen and oxygen atoms in total. The summed E-state index contributed by atoms with van der Waals surface area (Å²) in [6, 6.07) is 0. The summed E-state index contributed by atoms with van der Waals surface area (Å²) >= 11 is 0. The van der Waals surface area contributed by atoms with Crippen LogP contribution in [0.25, 0.3) is 0 Å². The first-order valence-electron chi connectivity index (χ1n) is 18.0. The van der Waals surface area contributed by atoms with Crippen LogP contribution in [0.15, 0.2) is 0 Å². The van der Waals surface area contributed by atoms with E-state index in [4.69, 9.17) is 18.9 Å². The van der Waals surface area contributed by atoms with Crippen molar-refractivity contribution < 1.29 is 38.1 Å². The van der Waals surface area contributed by atoms with Crippen LogP contribution in [0.2, 0.25) is 0 Å². The zero-order valence-electron chi connectivity index (χ0n) is 29.1. The molecule has 0 amide bonds. The summed E-state index contributed by atoms with van der Waals surface area (Å²) in [5, 5.41) is 0. The number of hydrogen-bond donors (Lipinski definition) is 0. The lowest BCUT2D eigenvalue weighted by Gasteiger charge is -2.05. The van der Waals surface area contributed by atoms with E-state index in [9.17, 15) is 19.2 Å². The van der Waals surface area contributed by atoms with E-state index < -0.39 is 0 Å². The molecule has 0 heterocycles. The Labute approximate surface area is 270 Å². The van der Waals surface area contributed by atoms with Gasteiger partial charge >= 0.3 is 23.9 Å². The van der Waals surface area contributed by atoms with Gasteiger partial charge in [0.2, 0.25) is 0 Å². The van der Waals surface area contributed by atoms with Crippen LogP contribution in [0, 0.1) is 0 Å². The molecule has 260 valence electrons. The first-order chi connectivity index (χ1) is 21.4. The third kappa shape index (κ3) is 37.9. The van der Waals surface area contributed by atoms with Gasteiger partial charge in [0.15, 0.2) is 0 Å². The third-order valence-corrected chi connectivity index (χ3v) is 7.07. The first-order valence-corrected chi connectivity index (χ1v) is 18.0. The number of carbonyl (C=O) groups is 4. The Morgan fingerprint density at radius 2 is 0.477 bits per heavy atom. The molecule has 0 radical (unpaired) electrons. The molecule has 0 aliphatic rings. The molecule has 0 aromatic rings. The summed E-state index contributed by atoms with van der Waals surface area (Å²) in [6.45, 7) is 10.6. The van der Waals surface area contributed by atoms with E-state index in [1.807, 2.05) is 0 Å². The average molecular weight is 629 g/mol. The lowest BCUT2D eigenvalue weighted by atomic mass is 10.1. The molecule has 0 aromatic heterocycles. The number of ether oxygens (including phenoxy) is 4. The fourth-order valence-corrected chi connectivity index (χ4v) is 4.10. The lowest BCUT2D eigenvalue weighted by molar-refractivity contribution is -0.144. The van der Waals surface area contributed by atoms with Crippen molar-refractivity contribution in [3.05, 3.63) is 0 Å². The van der Waals surface area contributed by atoms with Crippen molar-refractivity contribution in [2.75, 3.05) is 26.4 Å². The molecule has 0 bridgehead atoms. The molecule has 0 N–H and O–H groups in total. The highest BCUT2D eigenvalue weighted by Gasteiger charge is 2.05. The van der Waals surface area contributed by atoms with Gasteiger partial charge in [0.25, 0.3) is 0 Å². The highest BCUT2D eigenvalue weighted by molar-refractivity contribution is 5.70. The molecule has 0 saturated heterocycles. The van der Waals surface area contributed by atoms with E-state index in [0.29, 0.717) is 52.1 Å². The predicted molar refractivity (Wildman–Crippen MR) is 177 cm³/mol. The molecule has 0 aromatic carbocycles. The van der Waals surface area contributed by atoms with Crippen molar-refractivity contribution in [1.82, 2.24) is 0 Å². The minimum absolute atomic E-state index is 0.0664. The molecular weight excluding hydrogens is 560 g/mol. The fraction of sp³-hybridized carbons (Fsp3) is 0.889. The van der Waals surface area contributed by atoms with E-state index >= 15 is 0 Å². The minimum Gasteiger partial charge on any atom is -0.466 e. The molecule has 8 heteroatoms. The number of unbranched alkanes of at least 4 members (excludes halogenated alkanes) is 14. The van der Waals surface area contributed by atoms with Crippen LogP contribution in [0.1, 0.15) is 182 Å². The van der Waals surface area contributed by atoms with Gasteiger partial charge in [0.05, 0.1) is 26.4 Å². The zero-order valence-corrected chi connectivity index (χ0v) is 29.1. The van der Waals surface area contributed by atoms with Crippen LogP contribution in [-0.4, -0.2) is 50.3 Å². The highest BCUT2D eigenvalue weighted by atomic mass is 16.5. The Morgan fingerprint density at radius 3 is 0.659 bits per heavy atom. The second-order valence-corrected chi connectivity index (χ2v) is 11.5. The standard InChI is InChI=1S/2C18H34O4/c2*1-3-5-15-21-17(19)13-11-9-7-8-10-12-14-18(20)22-16-6-4-2/h2*3-16H2,1-2H3. The van der Waals surface area contributed by atoms with Gasteiger partial charge in [-0.05, 0) is 51.4 Å². The molecular formula is C36H68O8. The van der Waals surface area contributed by atoms with Gasteiger partial charge in [0, 0.05) is 25.7 Å². The quantitative estimate of drug-likeness (QED) is 0.0440. The van der Waals surface area contributed by atoms with Gasteiger partial charge in [0.1, 0.15) is 0 Å². The topological polar surface area (TPSA) is 105 Å². The molecule has 0 rings (SSSR count). The number of hydrogen-bond acceptors (Lipinski definition) is 8. The van der Waals surface area contributed by atoms with Crippen LogP contribution in [0.3, 0.4) is 0 Å². The van der Waals surface area contributed by atoms with Crippen molar-refractivity contribution in [3.63, 3.8) is 0 Å². The molecule has 0 saturated carbocycles. The maximum Gasteiger partial charge on any atom is 0.305 e. The van der Waals surface area contributed by atoms with E-state index in [-0.39, 0.29) is 23.9 Å². The second kappa shape index (κ2) is 37.1. The normalized spacial score (nSPS) is 10.5. The van der Waals surface area contributed by atoms with E-state index in [1.165, 1.54) is 0 Å². The Balaban J connectivity index is 0. The lowest BCUT2D eigenvalue weighted by Crippen LogP contribution is -2.05. The summed E-state index contributed by atoms with van der Waals surface area (Å²) < 4.78 is 20.4. The summed E-state index contributed by atoms with van der Waals surface area (Å²) in [5.74, 6) is -0.266. The monoisotopic (exact) mass is 628 g/mol. The largest absolute Gasteiger partial charge is 0.466 e. The smallest absolute Gasteiger partial charge is 0.305 e. The van der Waals surface area contributed by atoms with Gasteiger partial charge in [-0.25, -0.2) is 0 Å². The van der Waals surface area contributed by atoms with E-state index in [1.54, 1.807) is 0 Å².